The van der Waals surface area contributed by atoms with Crippen LogP contribution >= 0.6 is 0 Å². The minimum absolute atomic E-state index is 0.00771. The van der Waals surface area contributed by atoms with Crippen LogP contribution < -0.4 is 16.2 Å². The van der Waals surface area contributed by atoms with Crippen molar-refractivity contribution in [2.24, 2.45) is 7.05 Å². The molecule has 0 radical (unpaired) electrons. The van der Waals surface area contributed by atoms with Crippen LogP contribution in [0.5, 0.6) is 0 Å². The Morgan fingerprint density at radius 2 is 1.75 bits per heavy atom. The van der Waals surface area contributed by atoms with Gasteiger partial charge in [0.15, 0.2) is 0 Å². The first-order valence-electron chi connectivity index (χ1n) is 10.3. The van der Waals surface area contributed by atoms with Crippen LogP contribution in [0.1, 0.15) is 18.3 Å². The smallest absolute Gasteiger partial charge is 0.295 e. The van der Waals surface area contributed by atoms with Gasteiger partial charge in [-0.05, 0) is 52.1 Å². The van der Waals surface area contributed by atoms with E-state index in [2.05, 4.69) is 15.6 Å². The molecule has 0 fully saturated rings. The van der Waals surface area contributed by atoms with Crippen molar-refractivity contribution in [2.75, 3.05) is 24.2 Å². The highest BCUT2D eigenvalue weighted by Crippen LogP contribution is 2.15. The summed E-state index contributed by atoms with van der Waals surface area (Å²) < 4.78 is 3.20. The number of para-hydroxylation sites is 1. The van der Waals surface area contributed by atoms with E-state index in [1.54, 1.807) is 43.6 Å². The third-order valence-corrected chi connectivity index (χ3v) is 5.39. The number of carbonyl (C=O) groups excluding carboxylic acids is 2. The Hall–Kier alpha value is -3.72. The summed E-state index contributed by atoms with van der Waals surface area (Å²) in [6.07, 6.45) is 0. The Morgan fingerprint density at radius 3 is 2.41 bits per heavy atom. The molecule has 3 rings (SSSR count). The van der Waals surface area contributed by atoms with E-state index in [1.165, 1.54) is 4.68 Å². The molecule has 0 aliphatic heterocycles. The van der Waals surface area contributed by atoms with Crippen molar-refractivity contribution in [3.63, 3.8) is 0 Å². The normalized spacial score (nSPS) is 11.9. The molecular weight excluding hydrogens is 408 g/mol. The molecule has 1 unspecified atom stereocenters. The van der Waals surface area contributed by atoms with Crippen LogP contribution in [0.25, 0.3) is 5.69 Å². The van der Waals surface area contributed by atoms with Gasteiger partial charge < -0.3 is 10.6 Å². The number of likely N-dealkylation sites (N-methyl/N-ethyl adjacent to an activating group) is 1. The first-order valence-corrected chi connectivity index (χ1v) is 10.3. The van der Waals surface area contributed by atoms with Gasteiger partial charge in [-0.2, -0.15) is 0 Å². The van der Waals surface area contributed by atoms with Crippen molar-refractivity contribution in [1.82, 2.24) is 19.2 Å². The summed E-state index contributed by atoms with van der Waals surface area (Å²) in [6, 6.07) is 13.9. The highest BCUT2D eigenvalue weighted by molar-refractivity contribution is 5.96. The minimum atomic E-state index is -0.643. The number of hydrogen-bond acceptors (Lipinski definition) is 5. The van der Waals surface area contributed by atoms with Crippen LogP contribution in [0.4, 0.5) is 11.5 Å². The number of rotatable bonds is 7. The van der Waals surface area contributed by atoms with Crippen LogP contribution in [-0.4, -0.2) is 50.7 Å². The molecule has 2 aromatic heterocycles. The van der Waals surface area contributed by atoms with Crippen molar-refractivity contribution in [3.05, 3.63) is 70.3 Å². The molecule has 2 heterocycles. The number of benzene rings is 1. The second-order valence-electron chi connectivity index (χ2n) is 7.73. The number of nitrogens with one attached hydrogen (secondary N) is 2. The Morgan fingerprint density at radius 1 is 1.06 bits per heavy atom. The first-order chi connectivity index (χ1) is 15.2. The van der Waals surface area contributed by atoms with Crippen LogP contribution in [-0.2, 0) is 16.6 Å². The number of nitrogens with zero attached hydrogens (tertiary/aromatic N) is 4. The molecule has 32 heavy (non-hydrogen) atoms. The van der Waals surface area contributed by atoms with Gasteiger partial charge in [0, 0.05) is 12.7 Å². The third-order valence-electron chi connectivity index (χ3n) is 5.39. The van der Waals surface area contributed by atoms with Crippen LogP contribution in [0.2, 0.25) is 0 Å². The summed E-state index contributed by atoms with van der Waals surface area (Å²) in [4.78, 5) is 44.0. The average molecular weight is 437 g/mol. The average Bonchev–Trinajstić information content (AvgIpc) is 2.96. The van der Waals surface area contributed by atoms with E-state index < -0.39 is 6.04 Å². The number of amides is 2. The molecule has 9 nitrogen and oxygen atoms in total. The lowest BCUT2D eigenvalue weighted by atomic mass is 10.2. The lowest BCUT2D eigenvalue weighted by molar-refractivity contribution is -0.122. The second-order valence-corrected chi connectivity index (χ2v) is 7.73. The maximum absolute atomic E-state index is 13.0. The molecule has 168 valence electrons. The summed E-state index contributed by atoms with van der Waals surface area (Å²) in [5, 5.41) is 5.47. The van der Waals surface area contributed by atoms with Gasteiger partial charge in [-0.15, -0.1) is 0 Å². The molecule has 0 spiro atoms. The fourth-order valence-electron chi connectivity index (χ4n) is 3.30. The van der Waals surface area contributed by atoms with Crippen molar-refractivity contribution < 1.29 is 9.59 Å². The SMILES string of the molecule is Cc1cccc(NC(=O)CN(C)C(C)C(=O)Nc2c(C)n(C)n(-c3ccccc3)c2=O)n1. The van der Waals surface area contributed by atoms with Gasteiger partial charge in [-0.3, -0.25) is 24.0 Å². The number of pyridine rings is 1. The summed E-state index contributed by atoms with van der Waals surface area (Å²) >= 11 is 0. The van der Waals surface area contributed by atoms with Gasteiger partial charge in [0.1, 0.15) is 11.5 Å². The van der Waals surface area contributed by atoms with Gasteiger partial charge in [0.05, 0.1) is 24.0 Å². The minimum Gasteiger partial charge on any atom is -0.319 e. The molecule has 0 saturated carbocycles. The zero-order valence-electron chi connectivity index (χ0n) is 18.9. The molecule has 3 aromatic rings. The molecule has 2 N–H and O–H groups in total. The van der Waals surface area contributed by atoms with Crippen molar-refractivity contribution in [1.29, 1.82) is 0 Å². The van der Waals surface area contributed by atoms with Gasteiger partial charge in [-0.1, -0.05) is 24.3 Å². The lowest BCUT2D eigenvalue weighted by Gasteiger charge is -2.23. The zero-order chi connectivity index (χ0) is 23.4. The number of anilines is 2. The molecule has 0 saturated heterocycles. The number of hydrogen-bond donors (Lipinski definition) is 2. The molecule has 0 bridgehead atoms. The second kappa shape index (κ2) is 9.61. The standard InChI is InChI=1S/C23H28N6O3/c1-15-10-9-13-19(24-15)25-20(30)14-27(4)17(3)22(31)26-21-16(2)28(5)29(23(21)32)18-11-7-6-8-12-18/h6-13,17H,14H2,1-5H3,(H,26,31)(H,24,25,30). The van der Waals surface area contributed by atoms with Crippen LogP contribution in [0, 0.1) is 13.8 Å². The van der Waals surface area contributed by atoms with Crippen molar-refractivity contribution in [2.45, 2.75) is 26.8 Å². The number of aromatic nitrogens is 3. The summed E-state index contributed by atoms with van der Waals surface area (Å²) in [6.45, 7) is 5.28. The predicted molar refractivity (Wildman–Crippen MR) is 124 cm³/mol. The molecule has 1 aromatic carbocycles. The molecule has 0 aliphatic rings. The number of aryl methyl sites for hydroxylation is 1. The van der Waals surface area contributed by atoms with E-state index in [9.17, 15) is 14.4 Å². The van der Waals surface area contributed by atoms with E-state index >= 15 is 0 Å². The van der Waals surface area contributed by atoms with Gasteiger partial charge in [0.2, 0.25) is 11.8 Å². The molecule has 2 amide bonds. The highest BCUT2D eigenvalue weighted by atomic mass is 16.2. The van der Waals surface area contributed by atoms with E-state index in [0.717, 1.165) is 5.69 Å². The summed E-state index contributed by atoms with van der Waals surface area (Å²) in [5.41, 5.74) is 2.03. The molecule has 0 aliphatic carbocycles. The largest absolute Gasteiger partial charge is 0.319 e. The van der Waals surface area contributed by atoms with Crippen LogP contribution in [0.3, 0.4) is 0 Å². The highest BCUT2D eigenvalue weighted by Gasteiger charge is 2.24. The maximum Gasteiger partial charge on any atom is 0.295 e. The Labute approximate surface area is 186 Å². The summed E-state index contributed by atoms with van der Waals surface area (Å²) in [5.74, 6) is -0.200. The molecule has 1 atom stereocenters. The topological polar surface area (TPSA) is 101 Å². The van der Waals surface area contributed by atoms with E-state index in [4.69, 9.17) is 0 Å². The fraction of sp³-hybridized carbons (Fsp3) is 0.304. The van der Waals surface area contributed by atoms with Crippen LogP contribution in [0.15, 0.2) is 53.3 Å². The summed E-state index contributed by atoms with van der Waals surface area (Å²) in [7, 11) is 3.44. The Balaban J connectivity index is 1.69. The quantitative estimate of drug-likeness (QED) is 0.591. The number of carbonyl (C=O) groups is 2. The van der Waals surface area contributed by atoms with Crippen molar-refractivity contribution in [3.8, 4) is 5.69 Å². The van der Waals surface area contributed by atoms with E-state index in [-0.39, 0.29) is 29.6 Å². The van der Waals surface area contributed by atoms with Crippen molar-refractivity contribution >= 4 is 23.3 Å². The molecule has 9 heteroatoms. The maximum atomic E-state index is 13.0. The molecular formula is C23H28N6O3. The monoisotopic (exact) mass is 436 g/mol. The van der Waals surface area contributed by atoms with E-state index in [1.807, 2.05) is 49.4 Å². The third kappa shape index (κ3) is 4.94. The Bertz CT molecular complexity index is 1180. The van der Waals surface area contributed by atoms with Gasteiger partial charge >= 0.3 is 0 Å². The lowest BCUT2D eigenvalue weighted by Crippen LogP contribution is -2.43. The first kappa shape index (κ1) is 23.0. The fourth-order valence-corrected chi connectivity index (χ4v) is 3.30. The van der Waals surface area contributed by atoms with Gasteiger partial charge in [0.25, 0.3) is 5.56 Å². The van der Waals surface area contributed by atoms with Gasteiger partial charge in [-0.25, -0.2) is 9.67 Å². The van der Waals surface area contributed by atoms with E-state index in [0.29, 0.717) is 17.2 Å². The zero-order valence-corrected chi connectivity index (χ0v) is 18.9. The Kier molecular flexibility index (Phi) is 6.89. The predicted octanol–water partition coefficient (Wildman–Crippen LogP) is 2.09.